The summed E-state index contributed by atoms with van der Waals surface area (Å²) in [7, 11) is 4.27. The van der Waals surface area contributed by atoms with Gasteiger partial charge in [0.2, 0.25) is 0 Å². The molecule has 17 heavy (non-hydrogen) atoms. The Balaban J connectivity index is 2.18. The molecule has 0 saturated carbocycles. The van der Waals surface area contributed by atoms with Crippen LogP contribution in [0.15, 0.2) is 24.3 Å². The lowest BCUT2D eigenvalue weighted by Crippen LogP contribution is -2.31. The molecule has 0 aliphatic carbocycles. The molecule has 0 amide bonds. The zero-order chi connectivity index (χ0) is 12.4. The first-order valence-corrected chi connectivity index (χ1v) is 6.28. The SMILES string of the molecule is CC(O)c1ccccc1N1CCC(N(C)C)C1. The van der Waals surface area contributed by atoms with Crippen LogP contribution in [-0.2, 0) is 0 Å². The monoisotopic (exact) mass is 234 g/mol. The second kappa shape index (κ2) is 5.07. The van der Waals surface area contributed by atoms with Crippen molar-refractivity contribution in [3.05, 3.63) is 29.8 Å². The predicted molar refractivity (Wildman–Crippen MR) is 71.4 cm³/mol. The van der Waals surface area contributed by atoms with E-state index in [0.29, 0.717) is 6.04 Å². The summed E-state index contributed by atoms with van der Waals surface area (Å²) >= 11 is 0. The van der Waals surface area contributed by atoms with Crippen molar-refractivity contribution in [2.75, 3.05) is 32.1 Å². The molecule has 1 saturated heterocycles. The molecule has 3 heteroatoms. The van der Waals surface area contributed by atoms with E-state index in [4.69, 9.17) is 0 Å². The van der Waals surface area contributed by atoms with Gasteiger partial charge in [-0.3, -0.25) is 0 Å². The van der Waals surface area contributed by atoms with Gasteiger partial charge in [-0.2, -0.15) is 0 Å². The fourth-order valence-electron chi connectivity index (χ4n) is 2.51. The highest BCUT2D eigenvalue weighted by atomic mass is 16.3. The summed E-state index contributed by atoms with van der Waals surface area (Å²) in [6.45, 7) is 3.96. The molecular formula is C14H22N2O. The summed E-state index contributed by atoms with van der Waals surface area (Å²) < 4.78 is 0. The maximum absolute atomic E-state index is 9.80. The number of nitrogens with zero attached hydrogens (tertiary/aromatic N) is 2. The molecule has 1 heterocycles. The van der Waals surface area contributed by atoms with Gasteiger partial charge in [0.15, 0.2) is 0 Å². The van der Waals surface area contributed by atoms with Crippen molar-refractivity contribution < 1.29 is 5.11 Å². The smallest absolute Gasteiger partial charge is 0.0781 e. The minimum Gasteiger partial charge on any atom is -0.389 e. The van der Waals surface area contributed by atoms with Crippen molar-refractivity contribution in [1.82, 2.24) is 4.90 Å². The maximum Gasteiger partial charge on any atom is 0.0781 e. The third-order valence-corrected chi connectivity index (χ3v) is 3.62. The molecule has 0 radical (unpaired) electrons. The number of aliphatic hydroxyl groups is 1. The summed E-state index contributed by atoms with van der Waals surface area (Å²) in [5.74, 6) is 0. The highest BCUT2D eigenvalue weighted by Crippen LogP contribution is 2.29. The second-order valence-electron chi connectivity index (χ2n) is 5.09. The minimum atomic E-state index is -0.399. The topological polar surface area (TPSA) is 26.7 Å². The van der Waals surface area contributed by atoms with Gasteiger partial charge in [0.25, 0.3) is 0 Å². The van der Waals surface area contributed by atoms with E-state index in [1.807, 2.05) is 25.1 Å². The number of likely N-dealkylation sites (N-methyl/N-ethyl adjacent to an activating group) is 1. The van der Waals surface area contributed by atoms with Crippen molar-refractivity contribution in [2.45, 2.75) is 25.5 Å². The molecule has 1 fully saturated rings. The number of rotatable bonds is 3. The molecule has 1 aromatic rings. The summed E-state index contributed by atoms with van der Waals surface area (Å²) in [6.07, 6.45) is 0.797. The van der Waals surface area contributed by atoms with E-state index in [0.717, 1.165) is 18.7 Å². The van der Waals surface area contributed by atoms with Crippen LogP contribution >= 0.6 is 0 Å². The van der Waals surface area contributed by atoms with Crippen LogP contribution in [0.4, 0.5) is 5.69 Å². The first kappa shape index (κ1) is 12.4. The summed E-state index contributed by atoms with van der Waals surface area (Å²) in [6, 6.07) is 8.79. The molecule has 2 unspecified atom stereocenters. The van der Waals surface area contributed by atoms with Crippen molar-refractivity contribution in [2.24, 2.45) is 0 Å². The van der Waals surface area contributed by atoms with Gasteiger partial charge in [0.1, 0.15) is 0 Å². The Hall–Kier alpha value is -1.06. The molecule has 2 rings (SSSR count). The van der Waals surface area contributed by atoms with Gasteiger partial charge in [-0.25, -0.2) is 0 Å². The maximum atomic E-state index is 9.80. The standard InChI is InChI=1S/C14H22N2O/c1-11(17)13-6-4-5-7-14(13)16-9-8-12(10-16)15(2)3/h4-7,11-12,17H,8-10H2,1-3H3. The molecule has 1 aliphatic heterocycles. The van der Waals surface area contributed by atoms with Gasteiger partial charge in [-0.15, -0.1) is 0 Å². The molecule has 0 bridgehead atoms. The highest BCUT2D eigenvalue weighted by Gasteiger charge is 2.25. The molecule has 1 N–H and O–H groups in total. The van der Waals surface area contributed by atoms with Crippen LogP contribution < -0.4 is 4.90 Å². The van der Waals surface area contributed by atoms with Crippen LogP contribution in [0.25, 0.3) is 0 Å². The van der Waals surface area contributed by atoms with Crippen molar-refractivity contribution in [3.8, 4) is 0 Å². The van der Waals surface area contributed by atoms with E-state index in [-0.39, 0.29) is 0 Å². The summed E-state index contributed by atoms with van der Waals surface area (Å²) in [4.78, 5) is 4.66. The average Bonchev–Trinajstić information content (AvgIpc) is 2.78. The normalized spacial score (nSPS) is 22.2. The number of para-hydroxylation sites is 1. The molecule has 3 nitrogen and oxygen atoms in total. The van der Waals surface area contributed by atoms with E-state index in [1.54, 1.807) is 0 Å². The number of benzene rings is 1. The lowest BCUT2D eigenvalue weighted by atomic mass is 10.1. The van der Waals surface area contributed by atoms with Crippen LogP contribution in [0, 0.1) is 0 Å². The van der Waals surface area contributed by atoms with E-state index < -0.39 is 6.10 Å². The lowest BCUT2D eigenvalue weighted by molar-refractivity contribution is 0.199. The Kier molecular flexibility index (Phi) is 3.69. The van der Waals surface area contributed by atoms with Crippen molar-refractivity contribution in [3.63, 3.8) is 0 Å². The van der Waals surface area contributed by atoms with Crippen molar-refractivity contribution >= 4 is 5.69 Å². The van der Waals surface area contributed by atoms with Gasteiger partial charge in [-0.05, 0) is 33.5 Å². The van der Waals surface area contributed by atoms with Crippen LogP contribution in [0.1, 0.15) is 25.0 Å². The average molecular weight is 234 g/mol. The van der Waals surface area contributed by atoms with Crippen LogP contribution in [0.2, 0.25) is 0 Å². The summed E-state index contributed by atoms with van der Waals surface area (Å²) in [5, 5.41) is 9.80. The third-order valence-electron chi connectivity index (χ3n) is 3.62. The quantitative estimate of drug-likeness (QED) is 0.865. The third kappa shape index (κ3) is 2.61. The Morgan fingerprint density at radius 2 is 2.06 bits per heavy atom. The Labute approximate surface area is 104 Å². The first-order chi connectivity index (χ1) is 8.09. The van der Waals surface area contributed by atoms with Gasteiger partial charge in [-0.1, -0.05) is 18.2 Å². The first-order valence-electron chi connectivity index (χ1n) is 6.28. The van der Waals surface area contributed by atoms with Crippen LogP contribution in [0.3, 0.4) is 0 Å². The zero-order valence-corrected chi connectivity index (χ0v) is 10.9. The molecule has 94 valence electrons. The van der Waals surface area contributed by atoms with E-state index in [9.17, 15) is 5.11 Å². The fraction of sp³-hybridized carbons (Fsp3) is 0.571. The van der Waals surface area contributed by atoms with Crippen molar-refractivity contribution in [1.29, 1.82) is 0 Å². The molecule has 2 atom stereocenters. The largest absolute Gasteiger partial charge is 0.389 e. The second-order valence-corrected chi connectivity index (χ2v) is 5.09. The molecule has 0 spiro atoms. The van der Waals surface area contributed by atoms with E-state index >= 15 is 0 Å². The molecule has 1 aliphatic rings. The van der Waals surface area contributed by atoms with E-state index in [2.05, 4.69) is 30.0 Å². The van der Waals surface area contributed by atoms with Gasteiger partial charge >= 0.3 is 0 Å². The van der Waals surface area contributed by atoms with Gasteiger partial charge < -0.3 is 14.9 Å². The predicted octanol–water partition coefficient (Wildman–Crippen LogP) is 1.88. The van der Waals surface area contributed by atoms with Crippen LogP contribution in [0.5, 0.6) is 0 Å². The lowest BCUT2D eigenvalue weighted by Gasteiger charge is -2.24. The Morgan fingerprint density at radius 1 is 1.35 bits per heavy atom. The number of hydrogen-bond acceptors (Lipinski definition) is 3. The summed E-state index contributed by atoms with van der Waals surface area (Å²) in [5.41, 5.74) is 2.22. The number of aliphatic hydroxyl groups excluding tert-OH is 1. The fourth-order valence-corrected chi connectivity index (χ4v) is 2.51. The molecule has 0 aromatic heterocycles. The molecular weight excluding hydrogens is 212 g/mol. The Morgan fingerprint density at radius 3 is 2.65 bits per heavy atom. The highest BCUT2D eigenvalue weighted by molar-refractivity contribution is 5.55. The van der Waals surface area contributed by atoms with Gasteiger partial charge in [0, 0.05) is 30.4 Å². The number of hydrogen-bond donors (Lipinski definition) is 1. The minimum absolute atomic E-state index is 0.399. The Bertz CT molecular complexity index is 376. The number of anilines is 1. The zero-order valence-electron chi connectivity index (χ0n) is 10.9. The molecule has 1 aromatic carbocycles. The van der Waals surface area contributed by atoms with Gasteiger partial charge in [0.05, 0.1) is 6.10 Å². The van der Waals surface area contributed by atoms with Crippen LogP contribution in [-0.4, -0.2) is 43.2 Å². The van der Waals surface area contributed by atoms with E-state index in [1.165, 1.54) is 12.1 Å².